The summed E-state index contributed by atoms with van der Waals surface area (Å²) in [4.78, 5) is 21.5. The van der Waals surface area contributed by atoms with E-state index in [0.717, 1.165) is 33.2 Å². The van der Waals surface area contributed by atoms with Gasteiger partial charge in [-0.25, -0.2) is 9.97 Å². The molecule has 0 atom stereocenters. The van der Waals surface area contributed by atoms with E-state index in [1.165, 1.54) is 0 Å². The van der Waals surface area contributed by atoms with Crippen molar-refractivity contribution in [2.75, 3.05) is 0 Å². The third kappa shape index (κ3) is 2.77. The van der Waals surface area contributed by atoms with E-state index < -0.39 is 0 Å². The van der Waals surface area contributed by atoms with Crippen LogP contribution in [0.25, 0.3) is 33.1 Å². The van der Waals surface area contributed by atoms with E-state index >= 15 is 0 Å². The van der Waals surface area contributed by atoms with Crippen molar-refractivity contribution in [1.29, 1.82) is 0 Å². The number of hydrogen-bond acceptors (Lipinski definition) is 3. The summed E-state index contributed by atoms with van der Waals surface area (Å²) in [5.74, 6) is 0. The molecule has 0 amide bonds. The first kappa shape index (κ1) is 16.4. The zero-order chi connectivity index (χ0) is 19.1. The van der Waals surface area contributed by atoms with Crippen molar-refractivity contribution >= 4 is 21.9 Å². The summed E-state index contributed by atoms with van der Waals surface area (Å²) >= 11 is 0. The van der Waals surface area contributed by atoms with Crippen LogP contribution in [0.5, 0.6) is 0 Å². The summed E-state index contributed by atoms with van der Waals surface area (Å²) in [5.41, 5.74) is 6.08. The van der Waals surface area contributed by atoms with Crippen LogP contribution >= 0.6 is 0 Å². The molecule has 5 aromatic rings. The van der Waals surface area contributed by atoms with Gasteiger partial charge in [0.15, 0.2) is 0 Å². The second-order valence-electron chi connectivity index (χ2n) is 6.95. The highest BCUT2D eigenvalue weighted by Gasteiger charge is 2.07. The molecule has 0 saturated heterocycles. The van der Waals surface area contributed by atoms with E-state index in [-0.39, 0.29) is 5.56 Å². The first-order valence-corrected chi connectivity index (χ1v) is 9.14. The molecule has 2 heterocycles. The zero-order valence-electron chi connectivity index (χ0n) is 15.4. The van der Waals surface area contributed by atoms with Gasteiger partial charge >= 0.3 is 0 Å². The number of fused-ring (bicyclic) bond motifs is 2. The quantitative estimate of drug-likeness (QED) is 0.485. The number of hydrogen-bond donors (Lipinski definition) is 0. The molecule has 0 radical (unpaired) electrons. The SMILES string of the molecule is Cn1cnc2ccc(-c3cccc(Cn4cnc5ccccc5c4=O)c3)cc21. The molecule has 0 spiro atoms. The lowest BCUT2D eigenvalue weighted by atomic mass is 10.0. The molecule has 0 aliphatic rings. The van der Waals surface area contributed by atoms with Gasteiger partial charge in [-0.1, -0.05) is 36.4 Å². The number of nitrogens with zero attached hydrogens (tertiary/aromatic N) is 4. The number of para-hydroxylation sites is 1. The van der Waals surface area contributed by atoms with Gasteiger partial charge in [-0.3, -0.25) is 9.36 Å². The van der Waals surface area contributed by atoms with Gasteiger partial charge in [-0.2, -0.15) is 0 Å². The second-order valence-corrected chi connectivity index (χ2v) is 6.95. The fourth-order valence-electron chi connectivity index (χ4n) is 3.57. The highest BCUT2D eigenvalue weighted by molar-refractivity contribution is 5.82. The first-order chi connectivity index (χ1) is 13.7. The average Bonchev–Trinajstić information content (AvgIpc) is 3.11. The minimum Gasteiger partial charge on any atom is -0.334 e. The van der Waals surface area contributed by atoms with Crippen molar-refractivity contribution in [1.82, 2.24) is 19.1 Å². The lowest BCUT2D eigenvalue weighted by Crippen LogP contribution is -2.21. The molecule has 0 aliphatic heterocycles. The minimum atomic E-state index is -0.0210. The van der Waals surface area contributed by atoms with Gasteiger partial charge in [0.25, 0.3) is 5.56 Å². The summed E-state index contributed by atoms with van der Waals surface area (Å²) < 4.78 is 3.68. The van der Waals surface area contributed by atoms with Gasteiger partial charge in [-0.05, 0) is 47.0 Å². The maximum absolute atomic E-state index is 12.8. The Morgan fingerprint density at radius 3 is 2.57 bits per heavy atom. The van der Waals surface area contributed by atoms with Gasteiger partial charge in [0.1, 0.15) is 0 Å². The van der Waals surface area contributed by atoms with E-state index in [0.29, 0.717) is 11.9 Å². The Hall–Kier alpha value is -3.73. The van der Waals surface area contributed by atoms with E-state index in [1.54, 1.807) is 10.9 Å². The maximum atomic E-state index is 12.8. The number of benzene rings is 3. The van der Waals surface area contributed by atoms with Crippen molar-refractivity contribution in [2.45, 2.75) is 6.54 Å². The lowest BCUT2D eigenvalue weighted by molar-refractivity contribution is 0.748. The molecule has 0 unspecified atom stereocenters. The minimum absolute atomic E-state index is 0.0210. The number of aryl methyl sites for hydroxylation is 1. The van der Waals surface area contributed by atoms with Gasteiger partial charge < -0.3 is 4.57 Å². The summed E-state index contributed by atoms with van der Waals surface area (Å²) in [7, 11) is 1.99. The van der Waals surface area contributed by atoms with Crippen LogP contribution < -0.4 is 5.56 Å². The molecular weight excluding hydrogens is 348 g/mol. The Kier molecular flexibility index (Phi) is 3.79. The van der Waals surface area contributed by atoms with Crippen LogP contribution in [0, 0.1) is 0 Å². The monoisotopic (exact) mass is 366 g/mol. The largest absolute Gasteiger partial charge is 0.334 e. The summed E-state index contributed by atoms with van der Waals surface area (Å²) in [5, 5.41) is 0.641. The molecular formula is C23H18N4O. The lowest BCUT2D eigenvalue weighted by Gasteiger charge is -2.09. The summed E-state index contributed by atoms with van der Waals surface area (Å²) in [6.45, 7) is 0.485. The van der Waals surface area contributed by atoms with Crippen molar-refractivity contribution in [3.05, 3.63) is 95.3 Å². The Labute approximate surface area is 161 Å². The van der Waals surface area contributed by atoms with Crippen LogP contribution in [0.4, 0.5) is 0 Å². The van der Waals surface area contributed by atoms with E-state index in [1.807, 2.05) is 60.4 Å². The molecule has 5 rings (SSSR count). The first-order valence-electron chi connectivity index (χ1n) is 9.14. The molecule has 136 valence electrons. The molecule has 0 bridgehead atoms. The van der Waals surface area contributed by atoms with Crippen LogP contribution in [0.3, 0.4) is 0 Å². The summed E-state index contributed by atoms with van der Waals surface area (Å²) in [6.07, 6.45) is 3.45. The topological polar surface area (TPSA) is 52.7 Å². The fourth-order valence-corrected chi connectivity index (χ4v) is 3.57. The van der Waals surface area contributed by atoms with Crippen molar-refractivity contribution in [2.24, 2.45) is 7.05 Å². The predicted octanol–water partition coefficient (Wildman–Crippen LogP) is 4.00. The second kappa shape index (κ2) is 6.46. The van der Waals surface area contributed by atoms with E-state index in [4.69, 9.17) is 0 Å². The van der Waals surface area contributed by atoms with E-state index in [2.05, 4.69) is 34.2 Å². The average molecular weight is 366 g/mol. The molecule has 5 heteroatoms. The standard InChI is InChI=1S/C23H18N4O/c1-26-14-24-21-10-9-18(12-22(21)26)17-6-4-5-16(11-17)13-27-15-25-20-8-3-2-7-19(20)23(27)28/h2-12,14-15H,13H2,1H3. The van der Waals surface area contributed by atoms with Gasteiger partial charge in [0, 0.05) is 7.05 Å². The van der Waals surface area contributed by atoms with Gasteiger partial charge in [0.05, 0.1) is 41.1 Å². The Morgan fingerprint density at radius 2 is 1.64 bits per heavy atom. The molecule has 0 N–H and O–H groups in total. The maximum Gasteiger partial charge on any atom is 0.261 e. The van der Waals surface area contributed by atoms with Crippen LogP contribution in [0.2, 0.25) is 0 Å². The predicted molar refractivity (Wildman–Crippen MR) is 111 cm³/mol. The molecule has 2 aromatic heterocycles. The normalized spacial score (nSPS) is 11.3. The molecule has 0 fully saturated rings. The Morgan fingerprint density at radius 1 is 0.821 bits per heavy atom. The van der Waals surface area contributed by atoms with E-state index in [9.17, 15) is 4.79 Å². The highest BCUT2D eigenvalue weighted by Crippen LogP contribution is 2.24. The molecule has 3 aromatic carbocycles. The third-order valence-electron chi connectivity index (χ3n) is 5.07. The fraction of sp³-hybridized carbons (Fsp3) is 0.0870. The molecule has 28 heavy (non-hydrogen) atoms. The van der Waals surface area contributed by atoms with Crippen LogP contribution in [-0.4, -0.2) is 19.1 Å². The third-order valence-corrected chi connectivity index (χ3v) is 5.07. The van der Waals surface area contributed by atoms with Crippen molar-refractivity contribution < 1.29 is 0 Å². The van der Waals surface area contributed by atoms with Gasteiger partial charge in [-0.15, -0.1) is 0 Å². The number of rotatable bonds is 3. The summed E-state index contributed by atoms with van der Waals surface area (Å²) in [6, 6.07) is 22.0. The highest BCUT2D eigenvalue weighted by atomic mass is 16.1. The number of imidazole rings is 1. The molecule has 0 saturated carbocycles. The van der Waals surface area contributed by atoms with Crippen LogP contribution in [-0.2, 0) is 13.6 Å². The Balaban J connectivity index is 1.53. The molecule has 5 nitrogen and oxygen atoms in total. The zero-order valence-corrected chi connectivity index (χ0v) is 15.4. The number of aromatic nitrogens is 4. The molecule has 0 aliphatic carbocycles. The van der Waals surface area contributed by atoms with Crippen LogP contribution in [0.15, 0.2) is 84.2 Å². The van der Waals surface area contributed by atoms with Crippen molar-refractivity contribution in [3.63, 3.8) is 0 Å². The smallest absolute Gasteiger partial charge is 0.261 e. The van der Waals surface area contributed by atoms with Crippen molar-refractivity contribution in [3.8, 4) is 11.1 Å². The van der Waals surface area contributed by atoms with Crippen LogP contribution in [0.1, 0.15) is 5.56 Å². The van der Waals surface area contributed by atoms with Gasteiger partial charge in [0.2, 0.25) is 0 Å². The Bertz CT molecular complexity index is 1380.